The van der Waals surface area contributed by atoms with E-state index in [1.165, 1.54) is 0 Å². The smallest absolute Gasteiger partial charge is 0.225 e. The molecule has 3 heterocycles. The third kappa shape index (κ3) is 2.83. The van der Waals surface area contributed by atoms with Crippen molar-refractivity contribution in [2.75, 3.05) is 31.1 Å². The lowest BCUT2D eigenvalue weighted by Crippen LogP contribution is -2.50. The minimum absolute atomic E-state index is 0.0497. The molecule has 2 aromatic rings. The van der Waals surface area contributed by atoms with Gasteiger partial charge in [0, 0.05) is 45.6 Å². The molecule has 1 aliphatic heterocycles. The molecule has 0 aliphatic carbocycles. The van der Waals surface area contributed by atoms with Crippen LogP contribution in [0.1, 0.15) is 32.3 Å². The van der Waals surface area contributed by atoms with Gasteiger partial charge in [-0.3, -0.25) is 9.48 Å². The molecule has 7 nitrogen and oxygen atoms in total. The molecule has 0 aromatic carbocycles. The highest BCUT2D eigenvalue weighted by Crippen LogP contribution is 2.26. The van der Waals surface area contributed by atoms with Crippen molar-refractivity contribution in [1.29, 1.82) is 0 Å². The third-order valence-corrected chi connectivity index (χ3v) is 4.58. The molecule has 1 saturated heterocycles. The molecule has 1 fully saturated rings. The zero-order chi connectivity index (χ0) is 17.4. The molecule has 3 rings (SSSR count). The summed E-state index contributed by atoms with van der Waals surface area (Å²) >= 11 is 0. The minimum atomic E-state index is 0.0497. The molecule has 0 unspecified atom stereocenters. The Labute approximate surface area is 142 Å². The van der Waals surface area contributed by atoms with E-state index in [0.29, 0.717) is 0 Å². The van der Waals surface area contributed by atoms with Gasteiger partial charge in [0.2, 0.25) is 5.91 Å². The van der Waals surface area contributed by atoms with Crippen molar-refractivity contribution in [3.05, 3.63) is 11.5 Å². The van der Waals surface area contributed by atoms with Crippen LogP contribution >= 0.6 is 0 Å². The average Bonchev–Trinajstić information content (AvgIpc) is 2.87. The molecule has 2 aromatic heterocycles. The molecule has 0 atom stereocenters. The maximum Gasteiger partial charge on any atom is 0.225 e. The van der Waals surface area contributed by atoms with Crippen LogP contribution in [-0.2, 0) is 18.3 Å². The van der Waals surface area contributed by atoms with Crippen LogP contribution in [0.2, 0.25) is 0 Å². The first-order valence-electron chi connectivity index (χ1n) is 8.66. The van der Waals surface area contributed by atoms with Crippen molar-refractivity contribution in [1.82, 2.24) is 24.6 Å². The highest BCUT2D eigenvalue weighted by molar-refractivity contribution is 5.88. The molecule has 1 aliphatic rings. The van der Waals surface area contributed by atoms with Crippen LogP contribution in [-0.4, -0.2) is 56.7 Å². The standard InChI is InChI=1S/C17H26N6O/c1-6-13-18-14-12(4)20-21(5)15(14)16(19-13)22-7-9-23(10-8-22)17(24)11(2)3/h11H,6-10H2,1-5H3. The van der Waals surface area contributed by atoms with E-state index < -0.39 is 0 Å². The van der Waals surface area contributed by atoms with Gasteiger partial charge >= 0.3 is 0 Å². The van der Waals surface area contributed by atoms with Gasteiger partial charge in [-0.1, -0.05) is 20.8 Å². The Bertz CT molecular complexity index is 758. The molecular formula is C17H26N6O. The first kappa shape index (κ1) is 16.7. The highest BCUT2D eigenvalue weighted by Gasteiger charge is 2.26. The minimum Gasteiger partial charge on any atom is -0.351 e. The van der Waals surface area contributed by atoms with E-state index in [1.807, 2.05) is 37.4 Å². The van der Waals surface area contributed by atoms with E-state index in [-0.39, 0.29) is 11.8 Å². The first-order valence-corrected chi connectivity index (χ1v) is 8.66. The fourth-order valence-corrected chi connectivity index (χ4v) is 3.24. The number of aromatic nitrogens is 4. The van der Waals surface area contributed by atoms with E-state index in [4.69, 9.17) is 4.98 Å². The number of fused-ring (bicyclic) bond motifs is 1. The Morgan fingerprint density at radius 1 is 1.17 bits per heavy atom. The summed E-state index contributed by atoms with van der Waals surface area (Å²) < 4.78 is 1.87. The van der Waals surface area contributed by atoms with Gasteiger partial charge < -0.3 is 9.80 Å². The molecule has 24 heavy (non-hydrogen) atoms. The lowest BCUT2D eigenvalue weighted by Gasteiger charge is -2.36. The molecule has 0 spiro atoms. The predicted molar refractivity (Wildman–Crippen MR) is 94.1 cm³/mol. The number of hydrogen-bond acceptors (Lipinski definition) is 5. The van der Waals surface area contributed by atoms with Crippen molar-refractivity contribution in [3.63, 3.8) is 0 Å². The van der Waals surface area contributed by atoms with Crippen LogP contribution in [0.3, 0.4) is 0 Å². The summed E-state index contributed by atoms with van der Waals surface area (Å²) in [6.07, 6.45) is 0.795. The summed E-state index contributed by atoms with van der Waals surface area (Å²) in [6.45, 7) is 11.0. The van der Waals surface area contributed by atoms with Crippen LogP contribution in [0.25, 0.3) is 11.0 Å². The SMILES string of the molecule is CCc1nc(N2CCN(C(=O)C(C)C)CC2)c2c(n1)c(C)nn2C. The van der Waals surface area contributed by atoms with Crippen LogP contribution in [0.15, 0.2) is 0 Å². The Morgan fingerprint density at radius 2 is 1.83 bits per heavy atom. The Kier molecular flexibility index (Phi) is 4.43. The summed E-state index contributed by atoms with van der Waals surface area (Å²) in [5.74, 6) is 2.06. The summed E-state index contributed by atoms with van der Waals surface area (Å²) in [7, 11) is 1.94. The third-order valence-electron chi connectivity index (χ3n) is 4.58. The van der Waals surface area contributed by atoms with Gasteiger partial charge in [0.15, 0.2) is 5.82 Å². The van der Waals surface area contributed by atoms with Crippen LogP contribution in [0.4, 0.5) is 5.82 Å². The van der Waals surface area contributed by atoms with Crippen molar-refractivity contribution in [3.8, 4) is 0 Å². The number of aryl methyl sites for hydroxylation is 3. The number of carbonyl (C=O) groups is 1. The Hall–Kier alpha value is -2.18. The number of rotatable bonds is 3. The van der Waals surface area contributed by atoms with Crippen molar-refractivity contribution in [2.45, 2.75) is 34.1 Å². The number of carbonyl (C=O) groups excluding carboxylic acids is 1. The number of nitrogens with zero attached hydrogens (tertiary/aromatic N) is 6. The van der Waals surface area contributed by atoms with Gasteiger partial charge in [0.05, 0.1) is 5.69 Å². The summed E-state index contributed by atoms with van der Waals surface area (Å²) in [4.78, 5) is 25.8. The van der Waals surface area contributed by atoms with Crippen molar-refractivity contribution >= 4 is 22.8 Å². The second-order valence-corrected chi connectivity index (χ2v) is 6.69. The molecule has 0 bridgehead atoms. The second-order valence-electron chi connectivity index (χ2n) is 6.69. The van der Waals surface area contributed by atoms with Gasteiger partial charge in [-0.25, -0.2) is 9.97 Å². The second kappa shape index (κ2) is 6.37. The van der Waals surface area contributed by atoms with E-state index >= 15 is 0 Å². The fourth-order valence-electron chi connectivity index (χ4n) is 3.24. The average molecular weight is 330 g/mol. The molecule has 0 radical (unpaired) electrons. The van der Waals surface area contributed by atoms with Gasteiger partial charge in [0.1, 0.15) is 16.9 Å². The van der Waals surface area contributed by atoms with Gasteiger partial charge in [-0.05, 0) is 6.92 Å². The zero-order valence-electron chi connectivity index (χ0n) is 15.2. The molecular weight excluding hydrogens is 304 g/mol. The number of piperazine rings is 1. The normalized spacial score (nSPS) is 15.6. The molecule has 7 heteroatoms. The van der Waals surface area contributed by atoms with E-state index in [2.05, 4.69) is 21.9 Å². The largest absolute Gasteiger partial charge is 0.351 e. The van der Waals surface area contributed by atoms with Crippen molar-refractivity contribution in [2.24, 2.45) is 13.0 Å². The Balaban J connectivity index is 1.92. The summed E-state index contributed by atoms with van der Waals surface area (Å²) in [6, 6.07) is 0. The highest BCUT2D eigenvalue weighted by atomic mass is 16.2. The monoisotopic (exact) mass is 330 g/mol. The summed E-state index contributed by atoms with van der Waals surface area (Å²) in [5, 5.41) is 4.51. The van der Waals surface area contributed by atoms with E-state index in [0.717, 1.165) is 61.0 Å². The lowest BCUT2D eigenvalue weighted by atomic mass is 10.1. The number of amides is 1. The molecule has 0 N–H and O–H groups in total. The zero-order valence-corrected chi connectivity index (χ0v) is 15.2. The molecule has 0 saturated carbocycles. The van der Waals surface area contributed by atoms with Gasteiger partial charge in [0.25, 0.3) is 0 Å². The van der Waals surface area contributed by atoms with Crippen molar-refractivity contribution < 1.29 is 4.79 Å². The van der Waals surface area contributed by atoms with Crippen LogP contribution < -0.4 is 4.90 Å². The van der Waals surface area contributed by atoms with Gasteiger partial charge in [-0.2, -0.15) is 5.10 Å². The quantitative estimate of drug-likeness (QED) is 0.854. The number of anilines is 1. The van der Waals surface area contributed by atoms with Gasteiger partial charge in [-0.15, -0.1) is 0 Å². The van der Waals surface area contributed by atoms with E-state index in [9.17, 15) is 4.79 Å². The topological polar surface area (TPSA) is 67.2 Å². The maximum atomic E-state index is 12.2. The molecule has 130 valence electrons. The first-order chi connectivity index (χ1) is 11.4. The Morgan fingerprint density at radius 3 is 2.42 bits per heavy atom. The lowest BCUT2D eigenvalue weighted by molar-refractivity contribution is -0.134. The molecule has 1 amide bonds. The number of hydrogen-bond donors (Lipinski definition) is 0. The maximum absolute atomic E-state index is 12.2. The van der Waals surface area contributed by atoms with Crippen LogP contribution in [0.5, 0.6) is 0 Å². The summed E-state index contributed by atoms with van der Waals surface area (Å²) in [5.41, 5.74) is 2.84. The van der Waals surface area contributed by atoms with E-state index in [1.54, 1.807) is 0 Å². The fraction of sp³-hybridized carbons (Fsp3) is 0.647. The van der Waals surface area contributed by atoms with Crippen LogP contribution in [0, 0.1) is 12.8 Å². The predicted octanol–water partition coefficient (Wildman–Crippen LogP) is 1.54.